The maximum Gasteiger partial charge on any atom is 0.323 e. The molecule has 2 aromatic heterocycles. The van der Waals surface area contributed by atoms with Crippen LogP contribution in [0, 0.1) is 6.92 Å². The van der Waals surface area contributed by atoms with Crippen molar-refractivity contribution in [1.82, 2.24) is 25.1 Å². The summed E-state index contributed by atoms with van der Waals surface area (Å²) in [6.07, 6.45) is 4.55. The fourth-order valence-electron chi connectivity index (χ4n) is 2.74. The van der Waals surface area contributed by atoms with Gasteiger partial charge in [0.2, 0.25) is 0 Å². The lowest BCUT2D eigenvalue weighted by Crippen LogP contribution is -2.34. The summed E-state index contributed by atoms with van der Waals surface area (Å²) in [5.74, 6) is 1.23. The van der Waals surface area contributed by atoms with Gasteiger partial charge in [-0.1, -0.05) is 17.3 Å². The fourth-order valence-corrected chi connectivity index (χ4v) is 2.74. The van der Waals surface area contributed by atoms with Gasteiger partial charge in [0.1, 0.15) is 11.5 Å². The molecule has 0 radical (unpaired) electrons. The van der Waals surface area contributed by atoms with Crippen LogP contribution in [-0.2, 0) is 6.54 Å². The Hall–Kier alpha value is -2.38. The zero-order valence-corrected chi connectivity index (χ0v) is 12.8. The summed E-state index contributed by atoms with van der Waals surface area (Å²) < 4.78 is 6.84. The Morgan fingerprint density at radius 3 is 3.14 bits per heavy atom. The first-order valence-corrected chi connectivity index (χ1v) is 7.58. The van der Waals surface area contributed by atoms with Gasteiger partial charge in [0.25, 0.3) is 0 Å². The van der Waals surface area contributed by atoms with Crippen LogP contribution in [0.15, 0.2) is 16.8 Å². The number of aryl methyl sites for hydroxylation is 2. The molecule has 1 saturated heterocycles. The fraction of sp³-hybridized carbons (Fsp3) is 0.571. The normalized spacial score (nSPS) is 17.9. The highest BCUT2D eigenvalue weighted by molar-refractivity contribution is 5.88. The largest absolute Gasteiger partial charge is 0.361 e. The van der Waals surface area contributed by atoms with E-state index in [1.54, 1.807) is 15.8 Å². The number of hydrogen-bond donors (Lipinski definition) is 1. The molecule has 1 aliphatic heterocycles. The number of carbonyl (C=O) groups is 1. The van der Waals surface area contributed by atoms with E-state index in [4.69, 9.17) is 4.52 Å². The van der Waals surface area contributed by atoms with Crippen molar-refractivity contribution in [2.24, 2.45) is 0 Å². The van der Waals surface area contributed by atoms with Crippen molar-refractivity contribution in [2.75, 3.05) is 11.9 Å². The van der Waals surface area contributed by atoms with Crippen molar-refractivity contribution in [3.8, 4) is 0 Å². The standard InChI is InChI=1S/C14H20N6O2/c1-3-6-19-9-13(16-18-19)15-14(21)20-7-4-5-12(20)11-8-10(2)22-17-11/h8-9,12H,3-7H2,1-2H3,(H,15,21)/t12-/m0/s1. The van der Waals surface area contributed by atoms with Gasteiger partial charge in [-0.15, -0.1) is 5.10 Å². The van der Waals surface area contributed by atoms with Gasteiger partial charge in [0.05, 0.1) is 12.2 Å². The van der Waals surface area contributed by atoms with Crippen LogP contribution in [0.1, 0.15) is 43.7 Å². The number of aromatic nitrogens is 4. The van der Waals surface area contributed by atoms with E-state index in [-0.39, 0.29) is 12.1 Å². The minimum atomic E-state index is -0.174. The number of carbonyl (C=O) groups excluding carboxylic acids is 1. The van der Waals surface area contributed by atoms with E-state index < -0.39 is 0 Å². The van der Waals surface area contributed by atoms with E-state index >= 15 is 0 Å². The predicted molar refractivity (Wildman–Crippen MR) is 79.3 cm³/mol. The average molecular weight is 304 g/mol. The minimum Gasteiger partial charge on any atom is -0.361 e. The molecule has 0 spiro atoms. The summed E-state index contributed by atoms with van der Waals surface area (Å²) >= 11 is 0. The Kier molecular flexibility index (Phi) is 4.08. The predicted octanol–water partition coefficient (Wildman–Crippen LogP) is 2.35. The lowest BCUT2D eigenvalue weighted by atomic mass is 10.1. The number of nitrogens with one attached hydrogen (secondary N) is 1. The Bertz CT molecular complexity index is 649. The summed E-state index contributed by atoms with van der Waals surface area (Å²) in [4.78, 5) is 14.2. The lowest BCUT2D eigenvalue weighted by Gasteiger charge is -2.22. The molecule has 0 unspecified atom stereocenters. The van der Waals surface area contributed by atoms with Crippen LogP contribution in [0.5, 0.6) is 0 Å². The van der Waals surface area contributed by atoms with Crippen molar-refractivity contribution in [3.63, 3.8) is 0 Å². The van der Waals surface area contributed by atoms with Crippen LogP contribution in [0.4, 0.5) is 10.6 Å². The number of nitrogens with zero attached hydrogens (tertiary/aromatic N) is 5. The third-order valence-corrected chi connectivity index (χ3v) is 3.73. The highest BCUT2D eigenvalue weighted by atomic mass is 16.5. The van der Waals surface area contributed by atoms with Gasteiger partial charge in [-0.2, -0.15) is 0 Å². The summed E-state index contributed by atoms with van der Waals surface area (Å²) in [7, 11) is 0. The van der Waals surface area contributed by atoms with Crippen molar-refractivity contribution in [2.45, 2.75) is 45.7 Å². The molecule has 1 fully saturated rings. The molecule has 3 rings (SSSR count). The number of likely N-dealkylation sites (tertiary alicyclic amines) is 1. The highest BCUT2D eigenvalue weighted by Gasteiger charge is 2.32. The van der Waals surface area contributed by atoms with Crippen LogP contribution in [0.3, 0.4) is 0 Å². The summed E-state index contributed by atoms with van der Waals surface area (Å²) in [6.45, 7) is 5.40. The van der Waals surface area contributed by atoms with Crippen LogP contribution in [0.25, 0.3) is 0 Å². The van der Waals surface area contributed by atoms with Crippen molar-refractivity contribution < 1.29 is 9.32 Å². The quantitative estimate of drug-likeness (QED) is 0.936. The molecule has 22 heavy (non-hydrogen) atoms. The van der Waals surface area contributed by atoms with Crippen LogP contribution in [0.2, 0.25) is 0 Å². The third kappa shape index (κ3) is 2.95. The van der Waals surface area contributed by atoms with Crippen molar-refractivity contribution >= 4 is 11.8 Å². The van der Waals surface area contributed by atoms with E-state index in [0.717, 1.165) is 37.3 Å². The zero-order valence-electron chi connectivity index (χ0n) is 12.8. The number of anilines is 1. The monoisotopic (exact) mass is 304 g/mol. The van der Waals surface area contributed by atoms with Crippen LogP contribution >= 0.6 is 0 Å². The first-order chi connectivity index (χ1) is 10.7. The van der Waals surface area contributed by atoms with Gasteiger partial charge >= 0.3 is 6.03 Å². The van der Waals surface area contributed by atoms with Gasteiger partial charge in [-0.3, -0.25) is 10.00 Å². The maximum atomic E-state index is 12.5. The highest BCUT2D eigenvalue weighted by Crippen LogP contribution is 2.31. The maximum absolute atomic E-state index is 12.5. The molecule has 8 heteroatoms. The number of urea groups is 1. The molecular formula is C14H20N6O2. The van der Waals surface area contributed by atoms with Gasteiger partial charge in [0.15, 0.2) is 5.82 Å². The van der Waals surface area contributed by atoms with Gasteiger partial charge in [0, 0.05) is 19.2 Å². The second kappa shape index (κ2) is 6.17. The van der Waals surface area contributed by atoms with Crippen molar-refractivity contribution in [1.29, 1.82) is 0 Å². The van der Waals surface area contributed by atoms with Crippen molar-refractivity contribution in [3.05, 3.63) is 23.7 Å². The Morgan fingerprint density at radius 2 is 2.41 bits per heavy atom. The number of hydrogen-bond acceptors (Lipinski definition) is 5. The molecule has 1 N–H and O–H groups in total. The molecular weight excluding hydrogens is 284 g/mol. The van der Waals surface area contributed by atoms with Gasteiger partial charge < -0.3 is 9.42 Å². The van der Waals surface area contributed by atoms with E-state index in [1.165, 1.54) is 0 Å². The molecule has 1 atom stereocenters. The minimum absolute atomic E-state index is 0.0388. The average Bonchev–Trinajstić information content (AvgIpc) is 3.19. The van der Waals surface area contributed by atoms with Gasteiger partial charge in [-0.25, -0.2) is 4.79 Å². The Morgan fingerprint density at radius 1 is 1.55 bits per heavy atom. The number of rotatable bonds is 4. The van der Waals surface area contributed by atoms with Gasteiger partial charge in [-0.05, 0) is 26.2 Å². The van der Waals surface area contributed by atoms with E-state index in [2.05, 4.69) is 27.7 Å². The lowest BCUT2D eigenvalue weighted by molar-refractivity contribution is 0.204. The summed E-state index contributed by atoms with van der Waals surface area (Å²) in [5, 5.41) is 14.8. The molecule has 2 amide bonds. The topological polar surface area (TPSA) is 89.1 Å². The molecule has 1 aliphatic rings. The van der Waals surface area contributed by atoms with Crippen LogP contribution < -0.4 is 5.32 Å². The second-order valence-corrected chi connectivity index (χ2v) is 5.51. The molecule has 2 aromatic rings. The summed E-state index contributed by atoms with van der Waals surface area (Å²) in [5.41, 5.74) is 0.805. The molecule has 8 nitrogen and oxygen atoms in total. The Balaban J connectivity index is 1.67. The second-order valence-electron chi connectivity index (χ2n) is 5.51. The first-order valence-electron chi connectivity index (χ1n) is 7.58. The van der Waals surface area contributed by atoms with E-state index in [9.17, 15) is 4.79 Å². The molecule has 0 saturated carbocycles. The Labute approximate surface area is 128 Å². The third-order valence-electron chi connectivity index (χ3n) is 3.73. The molecule has 118 valence electrons. The first kappa shape index (κ1) is 14.6. The van der Waals surface area contributed by atoms with Crippen LogP contribution in [-0.4, -0.2) is 37.6 Å². The molecule has 0 bridgehead atoms. The smallest absolute Gasteiger partial charge is 0.323 e. The molecule has 3 heterocycles. The molecule has 0 aliphatic carbocycles. The SMILES string of the molecule is CCCn1cc(NC(=O)N2CCC[C@H]2c2cc(C)on2)nn1. The molecule has 0 aromatic carbocycles. The van der Waals surface area contributed by atoms with E-state index in [1.807, 2.05) is 13.0 Å². The zero-order chi connectivity index (χ0) is 15.5. The number of amides is 2. The summed E-state index contributed by atoms with van der Waals surface area (Å²) in [6, 6.07) is 1.67. The van der Waals surface area contributed by atoms with E-state index in [0.29, 0.717) is 12.4 Å².